The molecule has 6 nitrogen and oxygen atoms in total. The highest BCUT2D eigenvalue weighted by atomic mass is 16.5. The number of hydrogen-bond donors (Lipinski definition) is 2. The van der Waals surface area contributed by atoms with Gasteiger partial charge in [0.05, 0.1) is 24.7 Å². The van der Waals surface area contributed by atoms with E-state index in [1.54, 1.807) is 6.33 Å². The summed E-state index contributed by atoms with van der Waals surface area (Å²) in [6, 6.07) is 12.2. The van der Waals surface area contributed by atoms with Crippen molar-refractivity contribution in [1.82, 2.24) is 19.9 Å². The van der Waals surface area contributed by atoms with E-state index in [4.69, 9.17) is 9.84 Å². The Morgan fingerprint density at radius 1 is 1.19 bits per heavy atom. The Hall–Kier alpha value is -2.70. The quantitative estimate of drug-likeness (QED) is 0.714. The van der Waals surface area contributed by atoms with Crippen molar-refractivity contribution in [3.05, 3.63) is 77.6 Å². The molecule has 1 unspecified atom stereocenters. The summed E-state index contributed by atoms with van der Waals surface area (Å²) in [7, 11) is 0. The van der Waals surface area contributed by atoms with Crippen molar-refractivity contribution in [2.24, 2.45) is 0 Å². The zero-order valence-electron chi connectivity index (χ0n) is 14.5. The summed E-state index contributed by atoms with van der Waals surface area (Å²) in [6.45, 7) is 1.99. The number of nitrogens with one attached hydrogen (secondary N) is 1. The molecule has 2 N–H and O–H groups in total. The van der Waals surface area contributed by atoms with Crippen molar-refractivity contribution >= 4 is 0 Å². The van der Waals surface area contributed by atoms with Gasteiger partial charge < -0.3 is 14.8 Å². The summed E-state index contributed by atoms with van der Waals surface area (Å²) in [6.07, 6.45) is 6.37. The van der Waals surface area contributed by atoms with Crippen molar-refractivity contribution in [1.29, 1.82) is 0 Å². The van der Waals surface area contributed by atoms with Gasteiger partial charge in [-0.15, -0.1) is 0 Å². The van der Waals surface area contributed by atoms with Crippen molar-refractivity contribution in [3.8, 4) is 5.75 Å². The topological polar surface area (TPSA) is 74.3 Å². The SMILES string of the molecule is OCCOc1ccccc1CN1CCc2[nH]cnc2C1c1ccncc1. The highest BCUT2D eigenvalue weighted by Crippen LogP contribution is 2.35. The molecule has 0 saturated heterocycles. The fraction of sp³-hybridized carbons (Fsp3) is 0.300. The highest BCUT2D eigenvalue weighted by molar-refractivity contribution is 5.36. The Labute approximate surface area is 152 Å². The second-order valence-corrected chi connectivity index (χ2v) is 6.35. The minimum absolute atomic E-state index is 0.00825. The van der Waals surface area contributed by atoms with Crippen LogP contribution in [-0.2, 0) is 13.0 Å². The average Bonchev–Trinajstić information content (AvgIpc) is 3.16. The molecule has 6 heteroatoms. The molecule has 0 bridgehead atoms. The van der Waals surface area contributed by atoms with E-state index >= 15 is 0 Å². The molecule has 0 radical (unpaired) electrons. The van der Waals surface area contributed by atoms with E-state index in [-0.39, 0.29) is 12.6 Å². The molecule has 2 aromatic heterocycles. The van der Waals surface area contributed by atoms with E-state index in [0.717, 1.165) is 36.5 Å². The van der Waals surface area contributed by atoms with Crippen LogP contribution in [0.3, 0.4) is 0 Å². The standard InChI is InChI=1S/C20H22N4O2/c25-11-12-26-18-4-2-1-3-16(18)13-24-10-7-17-19(23-14-22-17)20(24)15-5-8-21-9-6-15/h1-6,8-9,14,20,25H,7,10-13H2,(H,22,23). The first-order chi connectivity index (χ1) is 12.9. The van der Waals surface area contributed by atoms with Crippen LogP contribution in [0.2, 0.25) is 0 Å². The number of hydrogen-bond acceptors (Lipinski definition) is 5. The molecule has 1 aromatic carbocycles. The van der Waals surface area contributed by atoms with Gasteiger partial charge in [-0.2, -0.15) is 0 Å². The predicted octanol–water partition coefficient (Wildman–Crippen LogP) is 2.32. The molecule has 4 rings (SSSR count). The number of fused-ring (bicyclic) bond motifs is 1. The zero-order chi connectivity index (χ0) is 17.8. The lowest BCUT2D eigenvalue weighted by Gasteiger charge is -2.35. The lowest BCUT2D eigenvalue weighted by atomic mass is 9.95. The van der Waals surface area contributed by atoms with Gasteiger partial charge in [-0.3, -0.25) is 9.88 Å². The van der Waals surface area contributed by atoms with E-state index in [1.165, 1.54) is 11.3 Å². The number of rotatable bonds is 6. The van der Waals surface area contributed by atoms with Gasteiger partial charge in [0, 0.05) is 43.2 Å². The fourth-order valence-corrected chi connectivity index (χ4v) is 3.56. The van der Waals surface area contributed by atoms with Crippen LogP contribution in [0.25, 0.3) is 0 Å². The number of aromatic amines is 1. The Kier molecular flexibility index (Phi) is 4.95. The zero-order valence-corrected chi connectivity index (χ0v) is 14.5. The normalized spacial score (nSPS) is 17.0. The first-order valence-electron chi connectivity index (χ1n) is 8.84. The van der Waals surface area contributed by atoms with Crippen LogP contribution < -0.4 is 4.74 Å². The largest absolute Gasteiger partial charge is 0.491 e. The maximum Gasteiger partial charge on any atom is 0.123 e. The Balaban J connectivity index is 1.66. The van der Waals surface area contributed by atoms with Crippen LogP contribution in [0, 0.1) is 0 Å². The summed E-state index contributed by atoms with van der Waals surface area (Å²) in [5, 5.41) is 9.06. The van der Waals surface area contributed by atoms with Gasteiger partial charge in [0.2, 0.25) is 0 Å². The van der Waals surface area contributed by atoms with Crippen molar-refractivity contribution < 1.29 is 9.84 Å². The Bertz CT molecular complexity index is 850. The summed E-state index contributed by atoms with van der Waals surface area (Å²) in [5.41, 5.74) is 4.57. The molecular formula is C20H22N4O2. The third-order valence-corrected chi connectivity index (χ3v) is 4.74. The van der Waals surface area contributed by atoms with Crippen LogP contribution in [0.5, 0.6) is 5.75 Å². The lowest BCUT2D eigenvalue weighted by Crippen LogP contribution is -2.36. The predicted molar refractivity (Wildman–Crippen MR) is 97.8 cm³/mol. The molecule has 0 spiro atoms. The maximum atomic E-state index is 9.06. The van der Waals surface area contributed by atoms with Crippen LogP contribution in [0.15, 0.2) is 55.1 Å². The van der Waals surface area contributed by atoms with Crippen LogP contribution >= 0.6 is 0 Å². The molecule has 0 amide bonds. The van der Waals surface area contributed by atoms with Gasteiger partial charge in [0.25, 0.3) is 0 Å². The van der Waals surface area contributed by atoms with E-state index < -0.39 is 0 Å². The smallest absolute Gasteiger partial charge is 0.123 e. The molecule has 1 aliphatic heterocycles. The van der Waals surface area contributed by atoms with E-state index in [0.29, 0.717) is 6.61 Å². The average molecular weight is 350 g/mol. The number of pyridine rings is 1. The molecule has 3 aromatic rings. The number of benzene rings is 1. The number of H-pyrrole nitrogens is 1. The molecule has 1 atom stereocenters. The molecular weight excluding hydrogens is 328 g/mol. The third kappa shape index (κ3) is 3.34. The minimum Gasteiger partial charge on any atom is -0.491 e. The molecule has 134 valence electrons. The summed E-state index contributed by atoms with van der Waals surface area (Å²) >= 11 is 0. The van der Waals surface area contributed by atoms with Crippen molar-refractivity contribution in [3.63, 3.8) is 0 Å². The van der Waals surface area contributed by atoms with Gasteiger partial charge >= 0.3 is 0 Å². The summed E-state index contributed by atoms with van der Waals surface area (Å²) < 4.78 is 5.71. The summed E-state index contributed by atoms with van der Waals surface area (Å²) in [4.78, 5) is 14.4. The number of aromatic nitrogens is 3. The van der Waals surface area contributed by atoms with E-state index in [1.807, 2.05) is 30.6 Å². The fourth-order valence-electron chi connectivity index (χ4n) is 3.56. The number of para-hydroxylation sites is 1. The Morgan fingerprint density at radius 3 is 2.88 bits per heavy atom. The van der Waals surface area contributed by atoms with Gasteiger partial charge in [-0.25, -0.2) is 4.98 Å². The molecule has 1 aliphatic rings. The number of aliphatic hydroxyl groups excluding tert-OH is 1. The molecule has 0 saturated carbocycles. The molecule has 0 fully saturated rings. The highest BCUT2D eigenvalue weighted by Gasteiger charge is 2.31. The van der Waals surface area contributed by atoms with Gasteiger partial charge in [-0.1, -0.05) is 18.2 Å². The molecule has 3 heterocycles. The number of imidazole rings is 1. The van der Waals surface area contributed by atoms with Crippen LogP contribution in [0.1, 0.15) is 28.6 Å². The first-order valence-corrected chi connectivity index (χ1v) is 8.84. The maximum absolute atomic E-state index is 9.06. The van der Waals surface area contributed by atoms with Gasteiger partial charge in [-0.05, 0) is 23.8 Å². The third-order valence-electron chi connectivity index (χ3n) is 4.74. The van der Waals surface area contributed by atoms with E-state index in [9.17, 15) is 0 Å². The minimum atomic E-state index is 0.00825. The second kappa shape index (κ2) is 7.68. The first kappa shape index (κ1) is 16.8. The number of aliphatic hydroxyl groups is 1. The van der Waals surface area contributed by atoms with E-state index in [2.05, 4.69) is 38.1 Å². The monoisotopic (exact) mass is 350 g/mol. The number of ether oxygens (including phenoxy) is 1. The molecule has 26 heavy (non-hydrogen) atoms. The van der Waals surface area contributed by atoms with Crippen molar-refractivity contribution in [2.45, 2.75) is 19.0 Å². The van der Waals surface area contributed by atoms with Crippen LogP contribution in [0.4, 0.5) is 0 Å². The van der Waals surface area contributed by atoms with Gasteiger partial charge in [0.1, 0.15) is 12.4 Å². The van der Waals surface area contributed by atoms with Crippen LogP contribution in [-0.4, -0.2) is 44.7 Å². The Morgan fingerprint density at radius 2 is 2.04 bits per heavy atom. The van der Waals surface area contributed by atoms with Crippen molar-refractivity contribution in [2.75, 3.05) is 19.8 Å². The number of nitrogens with zero attached hydrogens (tertiary/aromatic N) is 3. The second-order valence-electron chi connectivity index (χ2n) is 6.35. The molecule has 0 aliphatic carbocycles. The van der Waals surface area contributed by atoms with Gasteiger partial charge in [0.15, 0.2) is 0 Å². The lowest BCUT2D eigenvalue weighted by molar-refractivity contribution is 0.184. The summed E-state index contributed by atoms with van der Waals surface area (Å²) in [5.74, 6) is 0.822.